The largest absolute Gasteiger partial charge is 0.351 e. The number of hydrogen-bond acceptors (Lipinski definition) is 3. The minimum Gasteiger partial charge on any atom is -0.351 e. The average Bonchev–Trinajstić information content (AvgIpc) is 2.78. The molecule has 100 valence electrons. The predicted octanol–water partition coefficient (Wildman–Crippen LogP) is 4.09. The van der Waals surface area contributed by atoms with Crippen molar-refractivity contribution in [1.82, 2.24) is 4.98 Å². The van der Waals surface area contributed by atoms with Crippen LogP contribution in [0.5, 0.6) is 0 Å². The van der Waals surface area contributed by atoms with Crippen molar-refractivity contribution in [2.45, 2.75) is 19.8 Å². The van der Waals surface area contributed by atoms with Gasteiger partial charge in [0.1, 0.15) is 0 Å². The van der Waals surface area contributed by atoms with Gasteiger partial charge in [-0.3, -0.25) is 0 Å². The lowest BCUT2D eigenvalue weighted by Gasteiger charge is -2.17. The number of thiazole rings is 1. The van der Waals surface area contributed by atoms with Crippen molar-refractivity contribution >= 4 is 50.8 Å². The number of carbonyl (C=O) groups is 1. The highest BCUT2D eigenvalue weighted by Gasteiger charge is 2.19. The van der Waals surface area contributed by atoms with E-state index in [-0.39, 0.29) is 0 Å². The van der Waals surface area contributed by atoms with E-state index in [1.54, 1.807) is 6.20 Å². The zero-order valence-electron chi connectivity index (χ0n) is 10.6. The molecule has 2 rings (SSSR count). The first-order valence-corrected chi connectivity index (χ1v) is 7.69. The van der Waals surface area contributed by atoms with E-state index in [9.17, 15) is 4.79 Å². The Hall–Kier alpha value is -1.15. The van der Waals surface area contributed by atoms with Crippen molar-refractivity contribution in [2.75, 3.05) is 4.90 Å². The summed E-state index contributed by atoms with van der Waals surface area (Å²) in [6.45, 7) is 4.19. The number of nitrogens with two attached hydrogens (primary N) is 1. The molecule has 0 fully saturated rings. The van der Waals surface area contributed by atoms with Gasteiger partial charge in [-0.05, 0) is 46.7 Å². The molecule has 2 N–H and O–H groups in total. The second-order valence-electron chi connectivity index (χ2n) is 4.35. The Labute approximate surface area is 129 Å². The van der Waals surface area contributed by atoms with Gasteiger partial charge in [0.05, 0.1) is 5.69 Å². The van der Waals surface area contributed by atoms with Gasteiger partial charge in [-0.15, -0.1) is 11.3 Å². The van der Waals surface area contributed by atoms with Crippen LogP contribution >= 0.6 is 33.9 Å². The predicted molar refractivity (Wildman–Crippen MR) is 87.1 cm³/mol. The third-order valence-corrected chi connectivity index (χ3v) is 4.51. The number of carbonyl (C=O) groups excluding carboxylic acids is 1. The second kappa shape index (κ2) is 5.87. The van der Waals surface area contributed by atoms with Gasteiger partial charge in [0, 0.05) is 14.6 Å². The fourth-order valence-corrected chi connectivity index (χ4v) is 3.07. The number of aromatic nitrogens is 1. The molecule has 6 heteroatoms. The Morgan fingerprint density at radius 1 is 1.47 bits per heavy atom. The van der Waals surface area contributed by atoms with Crippen LogP contribution in [-0.4, -0.2) is 11.0 Å². The fourth-order valence-electron chi connectivity index (χ4n) is 1.59. The van der Waals surface area contributed by atoms with E-state index in [0.29, 0.717) is 11.0 Å². The topological polar surface area (TPSA) is 59.2 Å². The lowest BCUT2D eigenvalue weighted by atomic mass is 10.2. The number of benzene rings is 1. The number of nitrogens with zero attached hydrogens (tertiary/aromatic N) is 2. The van der Waals surface area contributed by atoms with E-state index in [1.165, 1.54) is 16.2 Å². The van der Waals surface area contributed by atoms with Crippen molar-refractivity contribution in [3.05, 3.63) is 38.9 Å². The normalized spacial score (nSPS) is 10.7. The molecule has 0 unspecified atom stereocenters. The van der Waals surface area contributed by atoms with E-state index in [1.807, 2.05) is 24.3 Å². The first-order valence-electron chi connectivity index (χ1n) is 5.80. The van der Waals surface area contributed by atoms with E-state index in [0.717, 1.165) is 14.1 Å². The number of halogens is 1. The van der Waals surface area contributed by atoms with Crippen molar-refractivity contribution in [1.29, 1.82) is 0 Å². The van der Waals surface area contributed by atoms with Crippen LogP contribution in [-0.2, 0) is 0 Å². The van der Waals surface area contributed by atoms with E-state index >= 15 is 0 Å². The summed E-state index contributed by atoms with van der Waals surface area (Å²) >= 11 is 3.69. The van der Waals surface area contributed by atoms with E-state index in [4.69, 9.17) is 5.73 Å². The van der Waals surface area contributed by atoms with Crippen LogP contribution in [0.15, 0.2) is 30.5 Å². The van der Waals surface area contributed by atoms with Gasteiger partial charge in [-0.25, -0.2) is 14.7 Å². The molecule has 19 heavy (non-hydrogen) atoms. The molecule has 1 aromatic heterocycles. The van der Waals surface area contributed by atoms with Gasteiger partial charge in [0.15, 0.2) is 5.13 Å². The molecule has 0 aliphatic heterocycles. The molecule has 0 aliphatic rings. The Bertz CT molecular complexity index is 597. The summed E-state index contributed by atoms with van der Waals surface area (Å²) < 4.78 is 1.04. The highest BCUT2D eigenvalue weighted by atomic mass is 127. The number of hydrogen-bond donors (Lipinski definition) is 1. The van der Waals surface area contributed by atoms with Gasteiger partial charge < -0.3 is 5.73 Å². The third-order valence-electron chi connectivity index (χ3n) is 2.56. The van der Waals surface area contributed by atoms with Crippen molar-refractivity contribution in [3.8, 4) is 0 Å². The molecule has 4 nitrogen and oxygen atoms in total. The van der Waals surface area contributed by atoms with Crippen LogP contribution in [0.3, 0.4) is 0 Å². The second-order valence-corrected chi connectivity index (χ2v) is 6.64. The van der Waals surface area contributed by atoms with Crippen LogP contribution in [0.1, 0.15) is 24.6 Å². The van der Waals surface area contributed by atoms with E-state index in [2.05, 4.69) is 41.4 Å². The van der Waals surface area contributed by atoms with Crippen LogP contribution in [0.25, 0.3) is 0 Å². The van der Waals surface area contributed by atoms with Gasteiger partial charge in [0.2, 0.25) is 0 Å². The molecule has 0 spiro atoms. The highest BCUT2D eigenvalue weighted by Crippen LogP contribution is 2.32. The maximum atomic E-state index is 11.7. The highest BCUT2D eigenvalue weighted by molar-refractivity contribution is 14.1. The van der Waals surface area contributed by atoms with Crippen molar-refractivity contribution < 1.29 is 4.79 Å². The molecule has 0 bridgehead atoms. The van der Waals surface area contributed by atoms with Crippen LogP contribution in [0, 0.1) is 3.57 Å². The van der Waals surface area contributed by atoms with Crippen molar-refractivity contribution in [2.24, 2.45) is 5.73 Å². The number of anilines is 2. The summed E-state index contributed by atoms with van der Waals surface area (Å²) in [4.78, 5) is 18.6. The van der Waals surface area contributed by atoms with Gasteiger partial charge in [0.25, 0.3) is 0 Å². The first-order chi connectivity index (χ1) is 8.99. The summed E-state index contributed by atoms with van der Waals surface area (Å²) in [6, 6.07) is 7.09. The average molecular weight is 387 g/mol. The number of amides is 2. The molecule has 0 atom stereocenters. The van der Waals surface area contributed by atoms with Gasteiger partial charge in [-0.2, -0.15) is 0 Å². The molecular weight excluding hydrogens is 373 g/mol. The molecule has 0 aliphatic carbocycles. The summed E-state index contributed by atoms with van der Waals surface area (Å²) in [5, 5.41) is 0.609. The summed E-state index contributed by atoms with van der Waals surface area (Å²) in [6.07, 6.45) is 1.80. The zero-order chi connectivity index (χ0) is 14.0. The molecule has 0 saturated heterocycles. The zero-order valence-corrected chi connectivity index (χ0v) is 13.6. The van der Waals surface area contributed by atoms with Gasteiger partial charge in [-0.1, -0.05) is 19.9 Å². The Morgan fingerprint density at radius 3 is 2.74 bits per heavy atom. The number of rotatable bonds is 3. The maximum absolute atomic E-state index is 11.7. The number of primary amides is 1. The maximum Gasteiger partial charge on any atom is 0.325 e. The molecule has 0 radical (unpaired) electrons. The quantitative estimate of drug-likeness (QED) is 0.807. The van der Waals surface area contributed by atoms with Crippen LogP contribution in [0.4, 0.5) is 15.6 Å². The minimum atomic E-state index is -0.522. The fraction of sp³-hybridized carbons (Fsp3) is 0.231. The van der Waals surface area contributed by atoms with E-state index < -0.39 is 6.03 Å². The summed E-state index contributed by atoms with van der Waals surface area (Å²) in [5.41, 5.74) is 6.23. The lowest BCUT2D eigenvalue weighted by molar-refractivity contribution is 0.256. The molecule has 1 heterocycles. The molecule has 0 saturated carbocycles. The molecule has 2 aromatic rings. The Kier molecular flexibility index (Phi) is 4.41. The third kappa shape index (κ3) is 3.24. The minimum absolute atomic E-state index is 0.386. The Balaban J connectivity index is 2.42. The first kappa shape index (κ1) is 14.3. The van der Waals surface area contributed by atoms with Crippen LogP contribution < -0.4 is 10.6 Å². The number of urea groups is 1. The van der Waals surface area contributed by atoms with Crippen molar-refractivity contribution in [3.63, 3.8) is 0 Å². The molecular formula is C13H14IN3OS. The molecule has 1 aromatic carbocycles. The molecule has 2 amide bonds. The monoisotopic (exact) mass is 387 g/mol. The van der Waals surface area contributed by atoms with Crippen LogP contribution in [0.2, 0.25) is 0 Å². The Morgan fingerprint density at radius 2 is 2.21 bits per heavy atom. The SMILES string of the molecule is CC(C)c1cnc(N(C(N)=O)c2cccc(I)c2)s1. The summed E-state index contributed by atoms with van der Waals surface area (Å²) in [5.74, 6) is 0.386. The lowest BCUT2D eigenvalue weighted by Crippen LogP contribution is -2.31. The smallest absolute Gasteiger partial charge is 0.325 e. The van der Waals surface area contributed by atoms with Gasteiger partial charge >= 0.3 is 6.03 Å². The summed E-state index contributed by atoms with van der Waals surface area (Å²) in [7, 11) is 0. The standard InChI is InChI=1S/C13H14IN3OS/c1-8(2)11-7-16-13(19-11)17(12(15)18)10-5-3-4-9(14)6-10/h3-8H,1-2H3,(H2,15,18).